The van der Waals surface area contributed by atoms with Gasteiger partial charge in [0.2, 0.25) is 0 Å². The summed E-state index contributed by atoms with van der Waals surface area (Å²) in [5.74, 6) is 0. The zero-order valence-corrected chi connectivity index (χ0v) is 11.2. The average Bonchev–Trinajstić information content (AvgIpc) is 3.06. The van der Waals surface area contributed by atoms with Crippen molar-refractivity contribution in [3.05, 3.63) is 41.7 Å². The molecule has 0 atom stereocenters. The van der Waals surface area contributed by atoms with Crippen molar-refractivity contribution in [3.63, 3.8) is 0 Å². The van der Waals surface area contributed by atoms with E-state index in [1.807, 2.05) is 12.4 Å². The highest BCUT2D eigenvalue weighted by atomic mass is 16.3. The molecule has 2 nitrogen and oxygen atoms in total. The first-order valence-electron chi connectivity index (χ1n) is 6.51. The number of hydrogen-bond donors (Lipinski definition) is 1. The van der Waals surface area contributed by atoms with Gasteiger partial charge in [-0.25, -0.2) is 0 Å². The SMILES string of the molecule is CC(C)(C)c1cncc2cc(C3(O)CC3)ccc12. The van der Waals surface area contributed by atoms with Crippen LogP contribution in [0.4, 0.5) is 0 Å². The van der Waals surface area contributed by atoms with Gasteiger partial charge in [-0.05, 0) is 40.8 Å². The molecule has 1 fully saturated rings. The molecule has 1 aliphatic carbocycles. The van der Waals surface area contributed by atoms with E-state index >= 15 is 0 Å². The molecule has 2 aromatic rings. The number of aromatic nitrogens is 1. The van der Waals surface area contributed by atoms with Gasteiger partial charge in [-0.2, -0.15) is 0 Å². The van der Waals surface area contributed by atoms with Crippen LogP contribution in [0.2, 0.25) is 0 Å². The molecule has 1 aromatic heterocycles. The Balaban J connectivity index is 2.20. The van der Waals surface area contributed by atoms with Crippen molar-refractivity contribution in [2.24, 2.45) is 0 Å². The van der Waals surface area contributed by atoms with Crippen molar-refractivity contribution in [2.45, 2.75) is 44.6 Å². The Hall–Kier alpha value is -1.41. The third-order valence-electron chi connectivity index (χ3n) is 3.83. The van der Waals surface area contributed by atoms with E-state index in [1.165, 1.54) is 10.9 Å². The second-order valence-electron chi connectivity index (χ2n) is 6.40. The Morgan fingerprint density at radius 3 is 2.50 bits per heavy atom. The molecular formula is C16H19NO. The first kappa shape index (κ1) is 11.7. The Bertz CT molecular complexity index is 606. The summed E-state index contributed by atoms with van der Waals surface area (Å²) in [5.41, 5.74) is 1.81. The normalized spacial score (nSPS) is 18.0. The van der Waals surface area contributed by atoms with Crippen LogP contribution in [0.3, 0.4) is 0 Å². The van der Waals surface area contributed by atoms with E-state index in [1.54, 1.807) is 0 Å². The number of fused-ring (bicyclic) bond motifs is 1. The fraction of sp³-hybridized carbons (Fsp3) is 0.438. The second-order valence-corrected chi connectivity index (χ2v) is 6.40. The minimum atomic E-state index is -0.564. The quantitative estimate of drug-likeness (QED) is 0.828. The van der Waals surface area contributed by atoms with E-state index in [0.717, 1.165) is 23.8 Å². The smallest absolute Gasteiger partial charge is 0.0899 e. The topological polar surface area (TPSA) is 33.1 Å². The first-order chi connectivity index (χ1) is 8.40. The van der Waals surface area contributed by atoms with Gasteiger partial charge in [0.1, 0.15) is 0 Å². The summed E-state index contributed by atoms with van der Waals surface area (Å²) in [6.07, 6.45) is 5.60. The number of hydrogen-bond acceptors (Lipinski definition) is 2. The lowest BCUT2D eigenvalue weighted by Gasteiger charge is -2.21. The molecule has 0 amide bonds. The van der Waals surface area contributed by atoms with Crippen LogP contribution in [-0.2, 0) is 11.0 Å². The van der Waals surface area contributed by atoms with E-state index in [-0.39, 0.29) is 5.41 Å². The highest BCUT2D eigenvalue weighted by Crippen LogP contribution is 2.46. The number of rotatable bonds is 1. The molecule has 94 valence electrons. The van der Waals surface area contributed by atoms with E-state index in [2.05, 4.69) is 44.0 Å². The number of aliphatic hydroxyl groups is 1. The van der Waals surface area contributed by atoms with E-state index < -0.39 is 5.60 Å². The molecule has 1 N–H and O–H groups in total. The first-order valence-corrected chi connectivity index (χ1v) is 6.51. The number of pyridine rings is 1. The van der Waals surface area contributed by atoms with Crippen molar-refractivity contribution in [3.8, 4) is 0 Å². The van der Waals surface area contributed by atoms with E-state index in [4.69, 9.17) is 0 Å². The van der Waals surface area contributed by atoms with Gasteiger partial charge >= 0.3 is 0 Å². The second kappa shape index (κ2) is 3.55. The average molecular weight is 241 g/mol. The van der Waals surface area contributed by atoms with Gasteiger partial charge in [-0.1, -0.05) is 32.9 Å². The molecule has 18 heavy (non-hydrogen) atoms. The summed E-state index contributed by atoms with van der Waals surface area (Å²) in [5, 5.41) is 12.5. The third kappa shape index (κ3) is 1.81. The molecule has 1 saturated carbocycles. The van der Waals surface area contributed by atoms with Crippen LogP contribution in [0, 0.1) is 0 Å². The van der Waals surface area contributed by atoms with Crippen molar-refractivity contribution >= 4 is 10.8 Å². The molecule has 1 aromatic carbocycles. The molecule has 0 radical (unpaired) electrons. The molecule has 0 spiro atoms. The maximum atomic E-state index is 10.2. The largest absolute Gasteiger partial charge is 0.385 e. The zero-order valence-electron chi connectivity index (χ0n) is 11.2. The lowest BCUT2D eigenvalue weighted by molar-refractivity contribution is 0.151. The fourth-order valence-electron chi connectivity index (χ4n) is 2.47. The Morgan fingerprint density at radius 2 is 1.89 bits per heavy atom. The minimum Gasteiger partial charge on any atom is -0.385 e. The molecule has 1 aliphatic rings. The molecule has 3 rings (SSSR count). The standard InChI is InChI=1S/C16H19NO/c1-15(2,3)14-10-17-9-11-8-12(4-5-13(11)14)16(18)6-7-16/h4-5,8-10,18H,6-7H2,1-3H3. The van der Waals surface area contributed by atoms with Gasteiger partial charge in [0.15, 0.2) is 0 Å². The van der Waals surface area contributed by atoms with Crippen LogP contribution < -0.4 is 0 Å². The summed E-state index contributed by atoms with van der Waals surface area (Å²) >= 11 is 0. The van der Waals surface area contributed by atoms with E-state index in [9.17, 15) is 5.11 Å². The Morgan fingerprint density at radius 1 is 1.17 bits per heavy atom. The van der Waals surface area contributed by atoms with Crippen LogP contribution in [0.25, 0.3) is 10.8 Å². The van der Waals surface area contributed by atoms with Crippen LogP contribution in [0.5, 0.6) is 0 Å². The summed E-state index contributed by atoms with van der Waals surface area (Å²) in [7, 11) is 0. The highest BCUT2D eigenvalue weighted by Gasteiger charge is 2.42. The Labute approximate surface area is 108 Å². The van der Waals surface area contributed by atoms with Crippen LogP contribution in [0.1, 0.15) is 44.7 Å². The molecule has 0 aliphatic heterocycles. The number of benzene rings is 1. The van der Waals surface area contributed by atoms with Crippen LogP contribution >= 0.6 is 0 Å². The molecular weight excluding hydrogens is 222 g/mol. The van der Waals surface area contributed by atoms with Gasteiger partial charge in [-0.15, -0.1) is 0 Å². The fourth-order valence-corrected chi connectivity index (χ4v) is 2.47. The summed E-state index contributed by atoms with van der Waals surface area (Å²) < 4.78 is 0. The summed E-state index contributed by atoms with van der Waals surface area (Å²) in [6.45, 7) is 6.60. The van der Waals surface area contributed by atoms with Crippen LogP contribution in [0.15, 0.2) is 30.6 Å². The zero-order chi connectivity index (χ0) is 13.0. The predicted octanol–water partition coefficient (Wildman–Crippen LogP) is 3.51. The molecule has 0 unspecified atom stereocenters. The van der Waals surface area contributed by atoms with Crippen LogP contribution in [-0.4, -0.2) is 10.1 Å². The lowest BCUT2D eigenvalue weighted by Crippen LogP contribution is -2.12. The molecule has 2 heteroatoms. The van der Waals surface area contributed by atoms with Gasteiger partial charge in [0.25, 0.3) is 0 Å². The van der Waals surface area contributed by atoms with Crippen molar-refractivity contribution < 1.29 is 5.11 Å². The molecule has 1 heterocycles. The Kier molecular flexibility index (Phi) is 2.30. The van der Waals surface area contributed by atoms with Gasteiger partial charge in [0.05, 0.1) is 5.60 Å². The molecule has 0 bridgehead atoms. The predicted molar refractivity (Wildman–Crippen MR) is 73.6 cm³/mol. The third-order valence-corrected chi connectivity index (χ3v) is 3.83. The van der Waals surface area contributed by atoms with Gasteiger partial charge in [0, 0.05) is 17.8 Å². The summed E-state index contributed by atoms with van der Waals surface area (Å²) in [6, 6.07) is 6.28. The van der Waals surface area contributed by atoms with E-state index in [0.29, 0.717) is 0 Å². The highest BCUT2D eigenvalue weighted by molar-refractivity contribution is 5.86. The van der Waals surface area contributed by atoms with Gasteiger partial charge in [-0.3, -0.25) is 4.98 Å². The van der Waals surface area contributed by atoms with Crippen molar-refractivity contribution in [2.75, 3.05) is 0 Å². The molecule has 0 saturated heterocycles. The monoisotopic (exact) mass is 241 g/mol. The maximum absolute atomic E-state index is 10.2. The van der Waals surface area contributed by atoms with Gasteiger partial charge < -0.3 is 5.11 Å². The summed E-state index contributed by atoms with van der Waals surface area (Å²) in [4.78, 5) is 4.34. The minimum absolute atomic E-state index is 0.0878. The number of nitrogens with zero attached hydrogens (tertiary/aromatic N) is 1. The maximum Gasteiger partial charge on any atom is 0.0899 e. The lowest BCUT2D eigenvalue weighted by atomic mass is 9.84. The van der Waals surface area contributed by atoms with Crippen molar-refractivity contribution in [1.29, 1.82) is 0 Å². The van der Waals surface area contributed by atoms with Crippen molar-refractivity contribution in [1.82, 2.24) is 4.98 Å².